The Balaban J connectivity index is 4.36. The van der Waals surface area contributed by atoms with E-state index in [1.54, 1.807) is 0 Å². The van der Waals surface area contributed by atoms with Crippen molar-refractivity contribution in [1.29, 1.82) is 0 Å². The molecule has 0 fully saturated rings. The molecule has 1 atom stereocenters. The highest BCUT2D eigenvalue weighted by Crippen LogP contribution is 2.16. The van der Waals surface area contributed by atoms with Gasteiger partial charge in [0.2, 0.25) is 0 Å². The van der Waals surface area contributed by atoms with E-state index in [1.165, 1.54) is 116 Å². The van der Waals surface area contributed by atoms with Crippen LogP contribution in [0.2, 0.25) is 0 Å². The number of hydrogen-bond donors (Lipinski definition) is 0. The molecule has 0 bridgehead atoms. The van der Waals surface area contributed by atoms with Gasteiger partial charge in [-0.25, -0.2) is 0 Å². The van der Waals surface area contributed by atoms with Gasteiger partial charge in [-0.2, -0.15) is 0 Å². The second-order valence-corrected chi connectivity index (χ2v) is 21.3. The van der Waals surface area contributed by atoms with Crippen LogP contribution in [0.3, 0.4) is 0 Å². The molecular formula is C73H120O6. The Morgan fingerprint density at radius 2 is 0.494 bits per heavy atom. The molecule has 0 aliphatic heterocycles. The quantitative estimate of drug-likeness (QED) is 0.0261. The number of rotatable bonds is 58. The summed E-state index contributed by atoms with van der Waals surface area (Å²) >= 11 is 0. The van der Waals surface area contributed by atoms with Crippen molar-refractivity contribution in [2.24, 2.45) is 0 Å². The summed E-state index contributed by atoms with van der Waals surface area (Å²) in [5.41, 5.74) is 0. The first kappa shape index (κ1) is 74.5. The SMILES string of the molecule is CC/C=C\C/C=C\C/C=C\C/C=C\C/C=C\C/C=C\CCCCCCCCCCCCC(=O)OCC(COC(=O)CCCCCCCCCCCCCCC)OC(=O)CCCCC/C=C\C/C=C\C/C=C\C/C=C\C/C=C\CC. The van der Waals surface area contributed by atoms with Gasteiger partial charge in [-0.3, -0.25) is 14.4 Å². The van der Waals surface area contributed by atoms with Crippen LogP contribution in [-0.2, 0) is 28.6 Å². The Labute approximate surface area is 487 Å². The molecule has 6 heteroatoms. The minimum absolute atomic E-state index is 0.0934. The van der Waals surface area contributed by atoms with E-state index in [1.807, 2.05) is 0 Å². The van der Waals surface area contributed by atoms with E-state index in [-0.39, 0.29) is 37.5 Å². The van der Waals surface area contributed by atoms with Crippen LogP contribution in [0.25, 0.3) is 0 Å². The maximum Gasteiger partial charge on any atom is 0.306 e. The molecule has 0 saturated carbocycles. The predicted octanol–water partition coefficient (Wildman–Crippen LogP) is 22.5. The maximum absolute atomic E-state index is 12.9. The van der Waals surface area contributed by atoms with Crippen LogP contribution in [0.4, 0.5) is 0 Å². The molecule has 6 nitrogen and oxygen atoms in total. The highest BCUT2D eigenvalue weighted by Gasteiger charge is 2.19. The summed E-state index contributed by atoms with van der Waals surface area (Å²) in [4.78, 5) is 38.3. The normalized spacial score (nSPS) is 13.0. The zero-order valence-electron chi connectivity index (χ0n) is 51.3. The van der Waals surface area contributed by atoms with Crippen molar-refractivity contribution in [3.63, 3.8) is 0 Å². The fourth-order valence-corrected chi connectivity index (χ4v) is 8.83. The second-order valence-electron chi connectivity index (χ2n) is 21.3. The van der Waals surface area contributed by atoms with E-state index in [4.69, 9.17) is 14.2 Å². The van der Waals surface area contributed by atoms with Crippen molar-refractivity contribution in [1.82, 2.24) is 0 Å². The maximum atomic E-state index is 12.9. The molecule has 0 aliphatic rings. The summed E-state index contributed by atoms with van der Waals surface area (Å²) < 4.78 is 16.9. The Morgan fingerprint density at radius 3 is 0.785 bits per heavy atom. The molecule has 0 saturated heterocycles. The monoisotopic (exact) mass is 1090 g/mol. The molecule has 0 aromatic carbocycles. The zero-order valence-corrected chi connectivity index (χ0v) is 51.3. The van der Waals surface area contributed by atoms with Gasteiger partial charge in [-0.15, -0.1) is 0 Å². The van der Waals surface area contributed by atoms with Crippen LogP contribution in [0, 0.1) is 0 Å². The lowest BCUT2D eigenvalue weighted by molar-refractivity contribution is -0.167. The largest absolute Gasteiger partial charge is 0.462 e. The van der Waals surface area contributed by atoms with Gasteiger partial charge in [-0.05, 0) is 116 Å². The summed E-state index contributed by atoms with van der Waals surface area (Å²) in [6, 6.07) is 0. The number of hydrogen-bond acceptors (Lipinski definition) is 6. The lowest BCUT2D eigenvalue weighted by Gasteiger charge is -2.18. The molecule has 0 spiro atoms. The molecule has 0 aliphatic carbocycles. The smallest absolute Gasteiger partial charge is 0.306 e. The van der Waals surface area contributed by atoms with Crippen LogP contribution < -0.4 is 0 Å². The van der Waals surface area contributed by atoms with Gasteiger partial charge in [-0.1, -0.05) is 289 Å². The third kappa shape index (κ3) is 64.3. The van der Waals surface area contributed by atoms with Crippen LogP contribution in [0.1, 0.15) is 290 Å². The molecule has 1 unspecified atom stereocenters. The van der Waals surface area contributed by atoms with Crippen molar-refractivity contribution in [3.8, 4) is 0 Å². The highest BCUT2D eigenvalue weighted by molar-refractivity contribution is 5.71. The van der Waals surface area contributed by atoms with Gasteiger partial charge in [0.15, 0.2) is 6.10 Å². The number of allylic oxidation sites excluding steroid dienone is 22. The van der Waals surface area contributed by atoms with Crippen molar-refractivity contribution in [3.05, 3.63) is 134 Å². The first-order chi connectivity index (χ1) is 39.0. The molecule has 0 aromatic rings. The van der Waals surface area contributed by atoms with Crippen LogP contribution in [0.5, 0.6) is 0 Å². The lowest BCUT2D eigenvalue weighted by atomic mass is 10.0. The summed E-state index contributed by atoms with van der Waals surface area (Å²) in [7, 11) is 0. The third-order valence-electron chi connectivity index (χ3n) is 13.7. The average Bonchev–Trinajstić information content (AvgIpc) is 3.45. The summed E-state index contributed by atoms with van der Waals surface area (Å²) in [5, 5.41) is 0. The minimum Gasteiger partial charge on any atom is -0.462 e. The van der Waals surface area contributed by atoms with Crippen LogP contribution in [-0.4, -0.2) is 37.2 Å². The van der Waals surface area contributed by atoms with Crippen LogP contribution in [0.15, 0.2) is 134 Å². The second kappa shape index (κ2) is 66.1. The van der Waals surface area contributed by atoms with Crippen molar-refractivity contribution in [2.75, 3.05) is 13.2 Å². The molecule has 79 heavy (non-hydrogen) atoms. The molecule has 448 valence electrons. The van der Waals surface area contributed by atoms with Gasteiger partial charge in [0.05, 0.1) is 0 Å². The topological polar surface area (TPSA) is 78.9 Å². The van der Waals surface area contributed by atoms with Crippen molar-refractivity contribution >= 4 is 17.9 Å². The third-order valence-corrected chi connectivity index (χ3v) is 13.7. The molecule has 0 radical (unpaired) electrons. The van der Waals surface area contributed by atoms with E-state index in [9.17, 15) is 14.4 Å². The first-order valence-electron chi connectivity index (χ1n) is 32.7. The Bertz CT molecular complexity index is 1680. The number of esters is 3. The molecule has 0 heterocycles. The molecule has 0 rings (SSSR count). The van der Waals surface area contributed by atoms with Crippen LogP contribution >= 0.6 is 0 Å². The number of ether oxygens (including phenoxy) is 3. The lowest BCUT2D eigenvalue weighted by Crippen LogP contribution is -2.30. The van der Waals surface area contributed by atoms with Gasteiger partial charge in [0.25, 0.3) is 0 Å². The van der Waals surface area contributed by atoms with Gasteiger partial charge in [0.1, 0.15) is 13.2 Å². The Kier molecular flexibility index (Phi) is 62.3. The average molecular weight is 1090 g/mol. The van der Waals surface area contributed by atoms with Crippen molar-refractivity contribution < 1.29 is 28.6 Å². The van der Waals surface area contributed by atoms with Crippen molar-refractivity contribution in [2.45, 2.75) is 297 Å². The zero-order chi connectivity index (χ0) is 57.1. The molecule has 0 aromatic heterocycles. The summed E-state index contributed by atoms with van der Waals surface area (Å²) in [6.45, 7) is 6.39. The minimum atomic E-state index is -0.801. The molecule has 0 amide bonds. The predicted molar refractivity (Wildman–Crippen MR) is 343 cm³/mol. The fourth-order valence-electron chi connectivity index (χ4n) is 8.83. The molecule has 0 N–H and O–H groups in total. The summed E-state index contributed by atoms with van der Waals surface area (Å²) in [6.07, 6.45) is 93.1. The van der Waals surface area contributed by atoms with Gasteiger partial charge in [0, 0.05) is 19.3 Å². The van der Waals surface area contributed by atoms with E-state index >= 15 is 0 Å². The molecular weight excluding hydrogens is 973 g/mol. The van der Waals surface area contributed by atoms with Gasteiger partial charge >= 0.3 is 17.9 Å². The Hall–Kier alpha value is -4.45. The van der Waals surface area contributed by atoms with E-state index in [0.29, 0.717) is 12.8 Å². The van der Waals surface area contributed by atoms with E-state index in [0.717, 1.165) is 135 Å². The fraction of sp³-hybridized carbons (Fsp3) is 0.658. The number of carbonyl (C=O) groups excluding carboxylic acids is 3. The van der Waals surface area contributed by atoms with Gasteiger partial charge < -0.3 is 14.2 Å². The first-order valence-corrected chi connectivity index (χ1v) is 32.7. The highest BCUT2D eigenvalue weighted by atomic mass is 16.6. The van der Waals surface area contributed by atoms with E-state index in [2.05, 4.69) is 154 Å². The Morgan fingerprint density at radius 1 is 0.266 bits per heavy atom. The number of unbranched alkanes of at least 4 members (excludes halogenated alkanes) is 25. The number of carbonyl (C=O) groups is 3. The van der Waals surface area contributed by atoms with E-state index < -0.39 is 6.10 Å². The summed E-state index contributed by atoms with van der Waals surface area (Å²) in [5.74, 6) is -0.926. The standard InChI is InChI=1S/C73H120O6/c1-4-7-10-13-16-19-22-25-27-29-31-32-33-34-35-36-37-38-39-40-42-43-45-48-51-54-57-60-63-66-72(75)78-69-70(68-77-71(74)65-62-59-56-53-50-47-24-21-18-15-12-9-6-3)79-73(76)67-64-61-58-55-52-49-46-44-41-30-28-26-23-20-17-14-11-8-5-2/h7-8,10-11,16-17,19-20,25-28,31-32,34-35,37-38,41,44,49,52,70H,4-6,9,12-15,18,21-24,29-30,33,36,39-40,42-43,45-48,50-51,53-69H2,1-3H3/b10-7-,11-8-,19-16-,20-17-,27-25-,28-26-,32-31-,35-34-,38-37-,44-41-,52-49-.